The average molecular weight is 398 g/mol. The Balaban J connectivity index is 0.000000660. The van der Waals surface area contributed by atoms with Gasteiger partial charge in [0.2, 0.25) is 0 Å². The van der Waals surface area contributed by atoms with Crippen molar-refractivity contribution in [2.45, 2.75) is 83.7 Å². The first-order chi connectivity index (χ1) is 12.1. The number of rotatable bonds is 10. The van der Waals surface area contributed by atoms with Crippen LogP contribution < -0.4 is 4.57 Å². The van der Waals surface area contributed by atoms with Crippen molar-refractivity contribution >= 4 is 10.1 Å². The first kappa shape index (κ1) is 24.8. The predicted octanol–water partition coefficient (Wildman–Crippen LogP) is 4.73. The summed E-state index contributed by atoms with van der Waals surface area (Å²) < 4.78 is 61.4. The Morgan fingerprint density at radius 3 is 2.04 bits per heavy atom. The fourth-order valence-corrected chi connectivity index (χ4v) is 2.38. The summed E-state index contributed by atoms with van der Waals surface area (Å²) in [6.45, 7) is 5.74. The second kappa shape index (κ2) is 13.1. The highest BCUT2D eigenvalue weighted by Gasteiger charge is 2.36. The smallest absolute Gasteiger partial charge is 0.485 e. The third-order valence-electron chi connectivity index (χ3n) is 3.86. The van der Waals surface area contributed by atoms with Crippen molar-refractivity contribution in [3.8, 4) is 0 Å². The van der Waals surface area contributed by atoms with E-state index in [0.29, 0.717) is 0 Å². The first-order valence-electron chi connectivity index (χ1n) is 9.13. The van der Waals surface area contributed by atoms with Gasteiger partial charge >= 0.3 is 5.51 Å². The van der Waals surface area contributed by atoms with Crippen LogP contribution in [0.5, 0.6) is 0 Å². The molecular weight excluding hydrogens is 367 g/mol. The van der Waals surface area contributed by atoms with E-state index in [9.17, 15) is 13.2 Å². The van der Waals surface area contributed by atoms with Crippen LogP contribution in [-0.2, 0) is 23.1 Å². The zero-order valence-corrected chi connectivity index (χ0v) is 16.4. The maximum absolute atomic E-state index is 10.7. The van der Waals surface area contributed by atoms with Crippen LogP contribution in [-0.4, -0.2) is 18.5 Å². The van der Waals surface area contributed by atoms with Crippen LogP contribution in [0.25, 0.3) is 0 Å². The zero-order valence-electron chi connectivity index (χ0n) is 15.6. The fourth-order valence-electron chi connectivity index (χ4n) is 2.38. The summed E-state index contributed by atoms with van der Waals surface area (Å²) in [5.74, 6) is 0. The minimum atomic E-state index is -6.09. The molecule has 0 aromatic carbocycles. The van der Waals surface area contributed by atoms with Gasteiger partial charge in [0, 0.05) is 25.0 Å². The van der Waals surface area contributed by atoms with Gasteiger partial charge in [-0.15, -0.1) is 0 Å². The van der Waals surface area contributed by atoms with Crippen LogP contribution in [0.1, 0.15) is 70.9 Å². The molecule has 0 amide bonds. The van der Waals surface area contributed by atoms with Crippen LogP contribution in [0.15, 0.2) is 24.4 Å². The van der Waals surface area contributed by atoms with Crippen molar-refractivity contribution in [3.05, 3.63) is 30.1 Å². The third kappa shape index (κ3) is 11.5. The van der Waals surface area contributed by atoms with Gasteiger partial charge in [0.25, 0.3) is 0 Å². The molecule has 0 N–H and O–H groups in total. The van der Waals surface area contributed by atoms with Crippen LogP contribution in [0.2, 0.25) is 0 Å². The number of aromatic nitrogens is 1. The Morgan fingerprint density at radius 1 is 0.962 bits per heavy atom. The number of hydrogen-bond acceptors (Lipinski definition) is 3. The molecule has 0 saturated heterocycles. The molecule has 0 spiro atoms. The summed E-state index contributed by atoms with van der Waals surface area (Å²) in [5.41, 5.74) is -4.14. The van der Waals surface area contributed by atoms with Gasteiger partial charge in [0.15, 0.2) is 22.0 Å². The van der Waals surface area contributed by atoms with E-state index in [1.54, 1.807) is 0 Å². The summed E-state index contributed by atoms with van der Waals surface area (Å²) >= 11 is 0. The Labute approximate surface area is 155 Å². The number of hydrogen-bond donors (Lipinski definition) is 0. The molecule has 1 aromatic heterocycles. The molecule has 0 bridgehead atoms. The van der Waals surface area contributed by atoms with Crippen molar-refractivity contribution in [2.75, 3.05) is 0 Å². The maximum Gasteiger partial charge on any atom is 0.485 e. The number of pyridine rings is 1. The van der Waals surface area contributed by atoms with Crippen molar-refractivity contribution in [1.82, 2.24) is 0 Å². The molecule has 0 aliphatic rings. The monoisotopic (exact) mass is 397 g/mol. The molecular formula is C18H30F3NO3S. The number of aryl methyl sites for hydroxylation is 2. The van der Waals surface area contributed by atoms with Crippen molar-refractivity contribution in [3.63, 3.8) is 0 Å². The second-order valence-corrected chi connectivity index (χ2v) is 7.53. The van der Waals surface area contributed by atoms with Gasteiger partial charge in [0.1, 0.15) is 6.54 Å². The van der Waals surface area contributed by atoms with E-state index in [2.05, 4.69) is 42.8 Å². The van der Waals surface area contributed by atoms with Crippen LogP contribution >= 0.6 is 0 Å². The molecule has 0 radical (unpaired) electrons. The molecule has 152 valence electrons. The Hall–Kier alpha value is -1.15. The minimum Gasteiger partial charge on any atom is -0.741 e. The predicted molar refractivity (Wildman–Crippen MR) is 94.4 cm³/mol. The van der Waals surface area contributed by atoms with E-state index < -0.39 is 15.6 Å². The first-order valence-corrected chi connectivity index (χ1v) is 10.5. The largest absolute Gasteiger partial charge is 0.741 e. The number of unbranched alkanes of at least 4 members (excludes halogenated alkanes) is 6. The fraction of sp³-hybridized carbons (Fsp3) is 0.722. The van der Waals surface area contributed by atoms with E-state index in [1.165, 1.54) is 70.0 Å². The van der Waals surface area contributed by atoms with Crippen LogP contribution in [0.3, 0.4) is 0 Å². The molecule has 8 heteroatoms. The molecule has 0 saturated carbocycles. The van der Waals surface area contributed by atoms with Gasteiger partial charge in [-0.2, -0.15) is 13.2 Å². The second-order valence-electron chi connectivity index (χ2n) is 6.16. The molecule has 4 nitrogen and oxygen atoms in total. The van der Waals surface area contributed by atoms with E-state index in [0.717, 1.165) is 0 Å². The Morgan fingerprint density at radius 2 is 1.50 bits per heavy atom. The van der Waals surface area contributed by atoms with Gasteiger partial charge in [0.05, 0.1) is 0 Å². The molecule has 0 aliphatic heterocycles. The molecule has 1 rings (SSSR count). The normalized spacial score (nSPS) is 11.8. The summed E-state index contributed by atoms with van der Waals surface area (Å²) in [5, 5.41) is 0. The lowest BCUT2D eigenvalue weighted by molar-refractivity contribution is -0.704. The Kier molecular flexibility index (Phi) is 12.5. The summed E-state index contributed by atoms with van der Waals surface area (Å²) in [6.07, 6.45) is 14.3. The highest BCUT2D eigenvalue weighted by molar-refractivity contribution is 7.86. The lowest BCUT2D eigenvalue weighted by atomic mass is 10.1. The molecule has 0 fully saturated rings. The van der Waals surface area contributed by atoms with E-state index in [-0.39, 0.29) is 0 Å². The lowest BCUT2D eigenvalue weighted by Gasteiger charge is -2.08. The summed E-state index contributed by atoms with van der Waals surface area (Å²) in [4.78, 5) is 0. The maximum atomic E-state index is 10.7. The van der Waals surface area contributed by atoms with E-state index in [4.69, 9.17) is 13.0 Å². The Bertz CT molecular complexity index is 590. The van der Waals surface area contributed by atoms with Crippen LogP contribution in [0, 0.1) is 0 Å². The SMILES string of the molecule is CCCCCCCC[n+]1ccccc1CCCC.O=S(=O)([O-])C(F)(F)F. The van der Waals surface area contributed by atoms with Gasteiger partial charge in [-0.05, 0) is 12.8 Å². The molecule has 1 heterocycles. The molecule has 0 atom stereocenters. The topological polar surface area (TPSA) is 61.1 Å². The third-order valence-corrected chi connectivity index (χ3v) is 4.42. The molecule has 0 aliphatic carbocycles. The van der Waals surface area contributed by atoms with Gasteiger partial charge < -0.3 is 4.55 Å². The van der Waals surface area contributed by atoms with Crippen molar-refractivity contribution < 1.29 is 30.7 Å². The number of alkyl halides is 3. The summed E-state index contributed by atoms with van der Waals surface area (Å²) in [6, 6.07) is 6.61. The zero-order chi connectivity index (χ0) is 20.1. The van der Waals surface area contributed by atoms with Crippen LogP contribution in [0.4, 0.5) is 13.2 Å². The highest BCUT2D eigenvalue weighted by atomic mass is 32.2. The lowest BCUT2D eigenvalue weighted by Crippen LogP contribution is -2.37. The number of nitrogens with zero attached hydrogens (tertiary/aromatic N) is 1. The highest BCUT2D eigenvalue weighted by Crippen LogP contribution is 2.20. The van der Waals surface area contributed by atoms with Gasteiger partial charge in [-0.25, -0.2) is 13.0 Å². The quantitative estimate of drug-likeness (QED) is 0.248. The molecule has 26 heavy (non-hydrogen) atoms. The van der Waals surface area contributed by atoms with Crippen molar-refractivity contribution in [2.24, 2.45) is 0 Å². The standard InChI is InChI=1S/C17H30N.CHF3O3S/c1-3-5-7-8-9-11-15-18-16-12-10-14-17(18)13-6-4-2;2-1(3,4)8(5,6)7/h10,12,14,16H,3-9,11,13,15H2,1-2H3;(H,5,6,7)/q+1;/p-1. The van der Waals surface area contributed by atoms with E-state index in [1.807, 2.05) is 0 Å². The van der Waals surface area contributed by atoms with Crippen molar-refractivity contribution in [1.29, 1.82) is 0 Å². The summed E-state index contributed by atoms with van der Waals surface area (Å²) in [7, 11) is -6.09. The molecule has 0 unspecified atom stereocenters. The minimum absolute atomic E-state index is 1.20. The van der Waals surface area contributed by atoms with Gasteiger partial charge in [-0.1, -0.05) is 52.0 Å². The van der Waals surface area contributed by atoms with Gasteiger partial charge in [-0.3, -0.25) is 0 Å². The van der Waals surface area contributed by atoms with E-state index >= 15 is 0 Å². The average Bonchev–Trinajstić information content (AvgIpc) is 2.56. The molecule has 1 aromatic rings. The number of halogens is 3.